The van der Waals surface area contributed by atoms with E-state index in [4.69, 9.17) is 9.47 Å². The molecule has 0 spiro atoms. The number of H-pyrrole nitrogens is 1. The number of fused-ring (bicyclic) bond motifs is 1. The first kappa shape index (κ1) is 19.6. The molecule has 0 radical (unpaired) electrons. The lowest BCUT2D eigenvalue weighted by molar-refractivity contribution is -0.120. The van der Waals surface area contributed by atoms with Crippen LogP contribution < -0.4 is 20.5 Å². The number of thiophene rings is 1. The molecule has 0 aliphatic rings. The molecule has 28 heavy (non-hydrogen) atoms. The van der Waals surface area contributed by atoms with E-state index in [1.54, 1.807) is 32.4 Å². The quantitative estimate of drug-likeness (QED) is 0.488. The highest BCUT2D eigenvalue weighted by Gasteiger charge is 2.13. The third kappa shape index (κ3) is 4.04. The molecule has 3 rings (SSSR count). The maximum Gasteiger partial charge on any atom is 0.259 e. The van der Waals surface area contributed by atoms with Gasteiger partial charge in [-0.25, -0.2) is 10.4 Å². The number of nitrogens with one attached hydrogen (secondary N) is 2. The zero-order valence-electron chi connectivity index (χ0n) is 16.0. The summed E-state index contributed by atoms with van der Waals surface area (Å²) in [5.41, 5.74) is 3.85. The lowest BCUT2D eigenvalue weighted by atomic mass is 10.2. The second kappa shape index (κ2) is 8.22. The summed E-state index contributed by atoms with van der Waals surface area (Å²) >= 11 is 1.44. The fourth-order valence-corrected chi connectivity index (χ4v) is 3.74. The smallest absolute Gasteiger partial charge is 0.259 e. The summed E-state index contributed by atoms with van der Waals surface area (Å²) in [6, 6.07) is 5.27. The fraction of sp³-hybridized carbons (Fsp3) is 0.263. The van der Waals surface area contributed by atoms with Gasteiger partial charge in [-0.3, -0.25) is 9.59 Å². The number of aromatic amines is 1. The van der Waals surface area contributed by atoms with Gasteiger partial charge in [-0.05, 0) is 43.2 Å². The van der Waals surface area contributed by atoms with Gasteiger partial charge in [0.2, 0.25) is 5.91 Å². The van der Waals surface area contributed by atoms with E-state index in [1.807, 2.05) is 13.8 Å². The van der Waals surface area contributed by atoms with Crippen molar-refractivity contribution in [1.29, 1.82) is 0 Å². The van der Waals surface area contributed by atoms with Crippen LogP contribution in [-0.2, 0) is 11.2 Å². The minimum atomic E-state index is -0.385. The number of carbonyl (C=O) groups excluding carboxylic acids is 1. The van der Waals surface area contributed by atoms with Crippen LogP contribution in [0.25, 0.3) is 10.2 Å². The van der Waals surface area contributed by atoms with Crippen LogP contribution in [0.1, 0.15) is 21.8 Å². The van der Waals surface area contributed by atoms with E-state index >= 15 is 0 Å². The monoisotopic (exact) mass is 400 g/mol. The number of rotatable bonds is 6. The Morgan fingerprint density at radius 1 is 1.29 bits per heavy atom. The highest BCUT2D eigenvalue weighted by atomic mass is 32.1. The number of hydrazone groups is 1. The van der Waals surface area contributed by atoms with Crippen LogP contribution in [0.2, 0.25) is 0 Å². The zero-order chi connectivity index (χ0) is 20.3. The largest absolute Gasteiger partial charge is 0.493 e. The number of aromatic nitrogens is 2. The van der Waals surface area contributed by atoms with Crippen LogP contribution >= 0.6 is 11.3 Å². The first-order valence-corrected chi connectivity index (χ1v) is 9.27. The summed E-state index contributed by atoms with van der Waals surface area (Å²) in [5.74, 6) is 1.09. The molecule has 0 fully saturated rings. The minimum absolute atomic E-state index is 0.0789. The molecule has 2 aromatic heterocycles. The Balaban J connectivity index is 1.68. The Hall–Kier alpha value is -3.20. The van der Waals surface area contributed by atoms with Gasteiger partial charge in [0.15, 0.2) is 11.5 Å². The van der Waals surface area contributed by atoms with Gasteiger partial charge in [0.1, 0.15) is 10.7 Å². The number of methoxy groups -OCH3 is 2. The van der Waals surface area contributed by atoms with Crippen LogP contribution in [0.3, 0.4) is 0 Å². The third-order valence-corrected chi connectivity index (χ3v) is 5.33. The maximum absolute atomic E-state index is 12.3. The lowest BCUT2D eigenvalue weighted by Gasteiger charge is -2.07. The Bertz CT molecular complexity index is 1120. The summed E-state index contributed by atoms with van der Waals surface area (Å²) in [4.78, 5) is 33.1. The molecule has 2 heterocycles. The lowest BCUT2D eigenvalue weighted by Crippen LogP contribution is -2.23. The number of carbonyl (C=O) groups is 1. The van der Waals surface area contributed by atoms with Crippen molar-refractivity contribution >= 4 is 33.7 Å². The average Bonchev–Trinajstić information content (AvgIpc) is 2.95. The normalized spacial score (nSPS) is 11.1. The molecule has 0 aliphatic carbocycles. The molecular weight excluding hydrogens is 380 g/mol. The number of nitrogens with zero attached hydrogens (tertiary/aromatic N) is 2. The maximum atomic E-state index is 12.3. The van der Waals surface area contributed by atoms with E-state index in [0.29, 0.717) is 27.5 Å². The number of amides is 1. The molecule has 2 N–H and O–H groups in total. The third-order valence-electron chi connectivity index (χ3n) is 4.23. The molecule has 146 valence electrons. The van der Waals surface area contributed by atoms with Gasteiger partial charge in [-0.1, -0.05) is 0 Å². The molecule has 0 bridgehead atoms. The van der Waals surface area contributed by atoms with Crippen molar-refractivity contribution in [1.82, 2.24) is 15.4 Å². The minimum Gasteiger partial charge on any atom is -0.493 e. The molecule has 1 aromatic carbocycles. The molecule has 0 aliphatic heterocycles. The van der Waals surface area contributed by atoms with Gasteiger partial charge in [-0.2, -0.15) is 5.10 Å². The topological polar surface area (TPSA) is 106 Å². The Labute approximate surface area is 165 Å². The summed E-state index contributed by atoms with van der Waals surface area (Å²) in [6.07, 6.45) is 1.41. The van der Waals surface area contributed by atoms with E-state index in [9.17, 15) is 9.59 Å². The fourth-order valence-electron chi connectivity index (χ4n) is 2.69. The number of aryl methyl sites for hydroxylation is 2. The first-order chi connectivity index (χ1) is 13.4. The molecule has 3 aromatic rings. The number of hydrogen-bond acceptors (Lipinski definition) is 7. The molecule has 0 saturated carbocycles. The van der Waals surface area contributed by atoms with E-state index in [1.165, 1.54) is 17.6 Å². The summed E-state index contributed by atoms with van der Waals surface area (Å²) in [7, 11) is 3.10. The average molecular weight is 400 g/mol. The van der Waals surface area contributed by atoms with E-state index in [2.05, 4.69) is 20.5 Å². The summed E-state index contributed by atoms with van der Waals surface area (Å²) in [6.45, 7) is 3.83. The van der Waals surface area contributed by atoms with E-state index in [-0.39, 0.29) is 17.9 Å². The Morgan fingerprint density at radius 2 is 2.04 bits per heavy atom. The highest BCUT2D eigenvalue weighted by molar-refractivity contribution is 7.18. The van der Waals surface area contributed by atoms with Gasteiger partial charge < -0.3 is 14.5 Å². The highest BCUT2D eigenvalue weighted by Crippen LogP contribution is 2.27. The standard InChI is InChI=1S/C19H20N4O4S/c1-10-11(2)28-19-17(10)18(25)21-15(22-19)8-16(24)23-20-9-12-5-6-13(26-3)14(7-12)27-4/h5-7,9H,8H2,1-4H3,(H,23,24)(H,21,22,25)/b20-9-. The van der Waals surface area contributed by atoms with Crippen molar-refractivity contribution in [3.05, 3.63) is 50.4 Å². The van der Waals surface area contributed by atoms with Gasteiger partial charge in [0.25, 0.3) is 5.56 Å². The number of hydrogen-bond donors (Lipinski definition) is 2. The molecule has 8 nitrogen and oxygen atoms in total. The Kier molecular flexibility index (Phi) is 5.74. The first-order valence-electron chi connectivity index (χ1n) is 8.45. The van der Waals surface area contributed by atoms with Gasteiger partial charge >= 0.3 is 0 Å². The van der Waals surface area contributed by atoms with Crippen molar-refractivity contribution in [2.24, 2.45) is 5.10 Å². The second-order valence-corrected chi connectivity index (χ2v) is 7.26. The van der Waals surface area contributed by atoms with E-state index < -0.39 is 0 Å². The SMILES string of the molecule is COc1ccc(/C=N\NC(=O)Cc2nc3sc(C)c(C)c3c(=O)[nH]2)cc1OC. The summed E-state index contributed by atoms with van der Waals surface area (Å²) < 4.78 is 10.4. The van der Waals surface area contributed by atoms with E-state index in [0.717, 1.165) is 16.0 Å². The van der Waals surface area contributed by atoms with Crippen LogP contribution in [0.4, 0.5) is 0 Å². The molecule has 0 atom stereocenters. The van der Waals surface area contributed by atoms with Crippen LogP contribution in [-0.4, -0.2) is 36.3 Å². The molecular formula is C19H20N4O4S. The van der Waals surface area contributed by atoms with Crippen LogP contribution in [0.5, 0.6) is 11.5 Å². The van der Waals surface area contributed by atoms with Crippen molar-refractivity contribution in [2.45, 2.75) is 20.3 Å². The van der Waals surface area contributed by atoms with Crippen LogP contribution in [0, 0.1) is 13.8 Å². The van der Waals surface area contributed by atoms with Crippen molar-refractivity contribution in [3.8, 4) is 11.5 Å². The zero-order valence-corrected chi connectivity index (χ0v) is 16.8. The molecule has 9 heteroatoms. The summed E-state index contributed by atoms with van der Waals surface area (Å²) in [5, 5.41) is 4.52. The van der Waals surface area contributed by atoms with Gasteiger partial charge in [0, 0.05) is 4.88 Å². The number of benzene rings is 1. The van der Waals surface area contributed by atoms with Crippen molar-refractivity contribution < 1.29 is 14.3 Å². The second-order valence-electron chi connectivity index (χ2n) is 6.06. The van der Waals surface area contributed by atoms with Crippen molar-refractivity contribution in [3.63, 3.8) is 0 Å². The van der Waals surface area contributed by atoms with Gasteiger partial charge in [0.05, 0.1) is 32.2 Å². The Morgan fingerprint density at radius 3 is 2.75 bits per heavy atom. The van der Waals surface area contributed by atoms with Crippen LogP contribution in [0.15, 0.2) is 28.1 Å². The predicted octanol–water partition coefficient (Wildman–Crippen LogP) is 2.31. The van der Waals surface area contributed by atoms with Crippen molar-refractivity contribution in [2.75, 3.05) is 14.2 Å². The number of ether oxygens (including phenoxy) is 2. The van der Waals surface area contributed by atoms with Gasteiger partial charge in [-0.15, -0.1) is 11.3 Å². The molecule has 1 amide bonds. The molecule has 0 saturated heterocycles. The molecule has 0 unspecified atom stereocenters. The predicted molar refractivity (Wildman–Crippen MR) is 109 cm³/mol.